The van der Waals surface area contributed by atoms with E-state index in [0.717, 1.165) is 5.75 Å². The summed E-state index contributed by atoms with van der Waals surface area (Å²) in [6.45, 7) is 5.74. The molecular weight excluding hydrogens is 272 g/mol. The van der Waals surface area contributed by atoms with Crippen LogP contribution in [0.25, 0.3) is 0 Å². The van der Waals surface area contributed by atoms with Crippen molar-refractivity contribution in [3.63, 3.8) is 0 Å². The molecule has 0 spiro atoms. The number of benzene rings is 1. The van der Waals surface area contributed by atoms with Gasteiger partial charge < -0.3 is 9.84 Å². The zero-order valence-corrected chi connectivity index (χ0v) is 12.7. The summed E-state index contributed by atoms with van der Waals surface area (Å²) in [5.41, 5.74) is 2.46. The van der Waals surface area contributed by atoms with E-state index in [1.165, 1.54) is 11.1 Å². The van der Waals surface area contributed by atoms with Crippen molar-refractivity contribution in [1.29, 1.82) is 0 Å². The number of nitrogens with one attached hydrogen (secondary N) is 1. The lowest BCUT2D eigenvalue weighted by molar-refractivity contribution is -0.115. The van der Waals surface area contributed by atoms with Gasteiger partial charge >= 0.3 is 0 Å². The maximum atomic E-state index is 12.0. The van der Waals surface area contributed by atoms with Gasteiger partial charge in [-0.15, -0.1) is 11.8 Å². The lowest BCUT2D eigenvalue weighted by atomic mass is 10.2. The van der Waals surface area contributed by atoms with Crippen LogP contribution in [0, 0.1) is 13.8 Å². The highest BCUT2D eigenvalue weighted by Crippen LogP contribution is 2.19. The minimum Gasteiger partial charge on any atom is -0.360 e. The summed E-state index contributed by atoms with van der Waals surface area (Å²) in [4.78, 5) is 12.0. The van der Waals surface area contributed by atoms with Gasteiger partial charge in [0.2, 0.25) is 5.91 Å². The van der Waals surface area contributed by atoms with Crippen LogP contribution in [-0.2, 0) is 10.5 Å². The Labute approximate surface area is 122 Å². The summed E-state index contributed by atoms with van der Waals surface area (Å²) in [7, 11) is 0. The van der Waals surface area contributed by atoms with Crippen molar-refractivity contribution in [1.82, 2.24) is 5.16 Å². The third-order valence-electron chi connectivity index (χ3n) is 2.87. The quantitative estimate of drug-likeness (QED) is 0.915. The molecule has 4 nitrogen and oxygen atoms in total. The first-order valence-electron chi connectivity index (χ1n) is 6.46. The number of nitrogens with zero attached hydrogens (tertiary/aromatic N) is 1. The number of anilines is 1. The average Bonchev–Trinajstić information content (AvgIpc) is 2.83. The van der Waals surface area contributed by atoms with Crippen LogP contribution >= 0.6 is 11.8 Å². The third-order valence-corrected chi connectivity index (χ3v) is 4.08. The molecule has 5 heteroatoms. The number of thioether (sulfide) groups is 1. The Hall–Kier alpha value is -1.75. The largest absolute Gasteiger partial charge is 0.360 e. The molecule has 1 atom stereocenters. The molecule has 1 heterocycles. The maximum Gasteiger partial charge on any atom is 0.238 e. The standard InChI is InChI=1S/C15H18N2O2S/c1-10-4-6-13(7-5-10)9-20-12(3)15(18)16-14-8-11(2)19-17-14/h4-8,12H,9H2,1-3H3,(H,16,17,18)/t12-/m1/s1. The zero-order valence-electron chi connectivity index (χ0n) is 11.8. The summed E-state index contributed by atoms with van der Waals surface area (Å²) in [6.07, 6.45) is 0. The van der Waals surface area contributed by atoms with E-state index >= 15 is 0 Å². The Bertz CT molecular complexity index is 578. The van der Waals surface area contributed by atoms with E-state index in [4.69, 9.17) is 4.52 Å². The van der Waals surface area contributed by atoms with Crippen molar-refractivity contribution in [2.45, 2.75) is 31.8 Å². The van der Waals surface area contributed by atoms with Crippen LogP contribution in [0.3, 0.4) is 0 Å². The van der Waals surface area contributed by atoms with E-state index in [-0.39, 0.29) is 11.2 Å². The van der Waals surface area contributed by atoms with Gasteiger partial charge in [-0.25, -0.2) is 0 Å². The monoisotopic (exact) mass is 290 g/mol. The number of carbonyl (C=O) groups excluding carboxylic acids is 1. The van der Waals surface area contributed by atoms with Crippen LogP contribution in [0.4, 0.5) is 5.82 Å². The lowest BCUT2D eigenvalue weighted by Crippen LogP contribution is -2.22. The molecule has 0 unspecified atom stereocenters. The Kier molecular flexibility index (Phi) is 4.84. The Morgan fingerprint density at radius 3 is 2.65 bits per heavy atom. The predicted octanol–water partition coefficient (Wildman–Crippen LogP) is 3.55. The van der Waals surface area contributed by atoms with Gasteiger partial charge in [0.25, 0.3) is 0 Å². The number of aromatic nitrogens is 1. The highest BCUT2D eigenvalue weighted by molar-refractivity contribution is 7.99. The van der Waals surface area contributed by atoms with Crippen molar-refractivity contribution in [2.75, 3.05) is 5.32 Å². The molecule has 0 radical (unpaired) electrons. The first-order chi connectivity index (χ1) is 9.54. The second kappa shape index (κ2) is 6.61. The number of rotatable bonds is 5. The van der Waals surface area contributed by atoms with Crippen molar-refractivity contribution in [3.8, 4) is 0 Å². The molecule has 0 saturated carbocycles. The van der Waals surface area contributed by atoms with E-state index in [1.807, 2.05) is 6.92 Å². The number of carbonyl (C=O) groups is 1. The van der Waals surface area contributed by atoms with Crippen LogP contribution in [0.5, 0.6) is 0 Å². The number of hydrogen-bond donors (Lipinski definition) is 1. The maximum absolute atomic E-state index is 12.0. The fourth-order valence-corrected chi connectivity index (χ4v) is 2.48. The van der Waals surface area contributed by atoms with E-state index in [0.29, 0.717) is 11.6 Å². The molecule has 0 bridgehead atoms. The van der Waals surface area contributed by atoms with Crippen LogP contribution in [0.2, 0.25) is 0 Å². The third kappa shape index (κ3) is 4.13. The summed E-state index contributed by atoms with van der Waals surface area (Å²) in [5, 5.41) is 6.35. The molecule has 106 valence electrons. The summed E-state index contributed by atoms with van der Waals surface area (Å²) < 4.78 is 4.91. The molecule has 20 heavy (non-hydrogen) atoms. The molecule has 1 aromatic heterocycles. The van der Waals surface area contributed by atoms with E-state index in [9.17, 15) is 4.79 Å². The van der Waals surface area contributed by atoms with Crippen LogP contribution < -0.4 is 5.32 Å². The van der Waals surface area contributed by atoms with Crippen LogP contribution in [-0.4, -0.2) is 16.3 Å². The molecule has 1 aromatic carbocycles. The van der Waals surface area contributed by atoms with Gasteiger partial charge in [0.05, 0.1) is 5.25 Å². The second-order valence-electron chi connectivity index (χ2n) is 4.75. The van der Waals surface area contributed by atoms with Gasteiger partial charge in [-0.1, -0.05) is 35.0 Å². The van der Waals surface area contributed by atoms with Crippen molar-refractivity contribution in [3.05, 3.63) is 47.2 Å². The summed E-state index contributed by atoms with van der Waals surface area (Å²) in [6, 6.07) is 10.1. The highest BCUT2D eigenvalue weighted by atomic mass is 32.2. The van der Waals surface area contributed by atoms with E-state index in [2.05, 4.69) is 41.7 Å². The Morgan fingerprint density at radius 2 is 2.05 bits per heavy atom. The number of hydrogen-bond acceptors (Lipinski definition) is 4. The second-order valence-corrected chi connectivity index (χ2v) is 6.08. The predicted molar refractivity (Wildman–Crippen MR) is 81.8 cm³/mol. The van der Waals surface area contributed by atoms with Gasteiger partial charge in [-0.2, -0.15) is 0 Å². The first-order valence-corrected chi connectivity index (χ1v) is 7.51. The number of aryl methyl sites for hydroxylation is 2. The Balaban J connectivity index is 1.83. The van der Waals surface area contributed by atoms with Gasteiger partial charge in [0.1, 0.15) is 5.76 Å². The van der Waals surface area contributed by atoms with Gasteiger partial charge in [-0.05, 0) is 26.3 Å². The highest BCUT2D eigenvalue weighted by Gasteiger charge is 2.15. The van der Waals surface area contributed by atoms with Crippen LogP contribution in [0.1, 0.15) is 23.8 Å². The van der Waals surface area contributed by atoms with Crippen molar-refractivity contribution >= 4 is 23.5 Å². The molecule has 2 rings (SSSR count). The molecule has 1 amide bonds. The summed E-state index contributed by atoms with van der Waals surface area (Å²) >= 11 is 1.60. The molecule has 0 aliphatic heterocycles. The van der Waals surface area contributed by atoms with Gasteiger partial charge in [0.15, 0.2) is 5.82 Å². The SMILES string of the molecule is Cc1ccc(CS[C@H](C)C(=O)Nc2cc(C)on2)cc1. The van der Waals surface area contributed by atoms with Gasteiger partial charge in [0, 0.05) is 11.8 Å². The average molecular weight is 290 g/mol. The normalized spacial score (nSPS) is 12.2. The van der Waals surface area contributed by atoms with E-state index < -0.39 is 0 Å². The molecule has 0 fully saturated rings. The molecule has 0 aliphatic carbocycles. The number of amides is 1. The van der Waals surface area contributed by atoms with Crippen molar-refractivity contribution < 1.29 is 9.32 Å². The molecule has 2 aromatic rings. The summed E-state index contributed by atoms with van der Waals surface area (Å²) in [5.74, 6) is 1.90. The minimum absolute atomic E-state index is 0.0598. The minimum atomic E-state index is -0.145. The van der Waals surface area contributed by atoms with Crippen LogP contribution in [0.15, 0.2) is 34.9 Å². The zero-order chi connectivity index (χ0) is 14.5. The first kappa shape index (κ1) is 14.7. The molecule has 0 saturated heterocycles. The van der Waals surface area contributed by atoms with Crippen molar-refractivity contribution in [2.24, 2.45) is 0 Å². The smallest absolute Gasteiger partial charge is 0.238 e. The molecular formula is C15H18N2O2S. The Morgan fingerprint density at radius 1 is 1.35 bits per heavy atom. The lowest BCUT2D eigenvalue weighted by Gasteiger charge is -2.10. The fraction of sp³-hybridized carbons (Fsp3) is 0.333. The topological polar surface area (TPSA) is 55.1 Å². The van der Waals surface area contributed by atoms with Gasteiger partial charge in [-0.3, -0.25) is 4.79 Å². The molecule has 1 N–H and O–H groups in total. The molecule has 0 aliphatic rings. The fourth-order valence-electron chi connectivity index (χ4n) is 1.63. The van der Waals surface area contributed by atoms with E-state index in [1.54, 1.807) is 24.8 Å².